The Morgan fingerprint density at radius 1 is 0.614 bits per heavy atom. The summed E-state index contributed by atoms with van der Waals surface area (Å²) in [5, 5.41) is 12.3. The lowest BCUT2D eigenvalue weighted by Gasteiger charge is -2.29. The summed E-state index contributed by atoms with van der Waals surface area (Å²) in [5.74, 6) is 0. The lowest BCUT2D eigenvalue weighted by Crippen LogP contribution is -2.24. The SMILES string of the molecule is C=C/C=C(\C=C/C)c1ccc2c(c1)c1cc(-c3ccccc3)cc(-c3ccccc3)c1n2N(c1ccc(/C(C=C)=C/C=N)cc1)c1ccc(C(/C=C\N)=C/C)cc1. The van der Waals surface area contributed by atoms with Crippen LogP contribution in [0.25, 0.3) is 60.8 Å². The molecule has 57 heavy (non-hydrogen) atoms. The fourth-order valence-corrected chi connectivity index (χ4v) is 7.51. The first-order valence-electron chi connectivity index (χ1n) is 19.1. The minimum Gasteiger partial charge on any atom is -0.405 e. The van der Waals surface area contributed by atoms with Crippen molar-refractivity contribution in [3.05, 3.63) is 224 Å². The summed E-state index contributed by atoms with van der Waals surface area (Å²) in [4.78, 5) is 0. The van der Waals surface area contributed by atoms with E-state index >= 15 is 0 Å². The first kappa shape index (κ1) is 37.9. The molecular weight excluding hydrogens is 693 g/mol. The van der Waals surface area contributed by atoms with E-state index in [-0.39, 0.29) is 0 Å². The molecule has 0 saturated carbocycles. The van der Waals surface area contributed by atoms with Crippen molar-refractivity contribution < 1.29 is 0 Å². The van der Waals surface area contributed by atoms with Gasteiger partial charge in [-0.1, -0.05) is 141 Å². The largest absolute Gasteiger partial charge is 0.405 e. The van der Waals surface area contributed by atoms with Crippen LogP contribution in [0.1, 0.15) is 30.5 Å². The Bertz CT molecular complexity index is 2720. The fourth-order valence-electron chi connectivity index (χ4n) is 7.51. The maximum absolute atomic E-state index is 7.71. The molecule has 7 rings (SSSR count). The Labute approximate surface area is 336 Å². The number of allylic oxidation sites excluding steroid dienone is 11. The molecule has 0 atom stereocenters. The molecule has 0 fully saturated rings. The molecule has 0 aliphatic rings. The third-order valence-electron chi connectivity index (χ3n) is 10.2. The number of hydrogen-bond acceptors (Lipinski definition) is 3. The van der Waals surface area contributed by atoms with Crippen molar-refractivity contribution in [1.82, 2.24) is 4.68 Å². The number of fused-ring (bicyclic) bond motifs is 3. The molecule has 4 nitrogen and oxygen atoms in total. The van der Waals surface area contributed by atoms with Crippen LogP contribution in [-0.4, -0.2) is 10.9 Å². The predicted octanol–water partition coefficient (Wildman–Crippen LogP) is 14.0. The van der Waals surface area contributed by atoms with Crippen LogP contribution in [0.3, 0.4) is 0 Å². The summed E-state index contributed by atoms with van der Waals surface area (Å²) in [6.07, 6.45) is 18.5. The Balaban J connectivity index is 1.62. The summed E-state index contributed by atoms with van der Waals surface area (Å²) in [5.41, 5.74) is 20.6. The molecule has 0 radical (unpaired) electrons. The number of benzene rings is 6. The molecule has 1 aromatic heterocycles. The third-order valence-corrected chi connectivity index (χ3v) is 10.2. The van der Waals surface area contributed by atoms with Crippen LogP contribution in [0.15, 0.2) is 207 Å². The van der Waals surface area contributed by atoms with Gasteiger partial charge in [0.25, 0.3) is 0 Å². The second kappa shape index (κ2) is 17.4. The van der Waals surface area contributed by atoms with E-state index in [1.807, 2.05) is 26.0 Å². The molecular formula is C53H46N4. The van der Waals surface area contributed by atoms with E-state index in [1.54, 1.807) is 18.4 Å². The molecule has 0 aliphatic carbocycles. The zero-order valence-corrected chi connectivity index (χ0v) is 32.4. The van der Waals surface area contributed by atoms with Gasteiger partial charge >= 0.3 is 0 Å². The zero-order chi connectivity index (χ0) is 39.7. The molecule has 0 spiro atoms. The van der Waals surface area contributed by atoms with E-state index < -0.39 is 0 Å². The van der Waals surface area contributed by atoms with Gasteiger partial charge in [0.05, 0.1) is 22.4 Å². The minimum absolute atomic E-state index is 0.882. The van der Waals surface area contributed by atoms with Crippen LogP contribution in [-0.2, 0) is 0 Å². The monoisotopic (exact) mass is 738 g/mol. The highest BCUT2D eigenvalue weighted by atomic mass is 15.6. The van der Waals surface area contributed by atoms with Crippen LogP contribution >= 0.6 is 0 Å². The van der Waals surface area contributed by atoms with Gasteiger partial charge in [0, 0.05) is 22.6 Å². The van der Waals surface area contributed by atoms with Gasteiger partial charge in [0.15, 0.2) is 0 Å². The standard InChI is InChI=1S/C53H46N4/c1-5-15-40(16-6-2)45-25-30-52-50(35-45)51-37-46(41-17-11-9-12-18-41)36-49(44-19-13-10-14-20-44)53(51)57(52)56(47-26-21-42(22-27-47)38(7-3)31-33-54)48-28-23-43(24-29-48)39(8-4)32-34-55/h5-37,54H,1,3,55H2,2,4H3/b16-6-,34-32-,38-31+,39-8+,40-15+,54-33?. The first-order valence-corrected chi connectivity index (χ1v) is 19.1. The quantitative estimate of drug-likeness (QED) is 0.0914. The number of aromatic nitrogens is 1. The number of rotatable bonds is 13. The van der Waals surface area contributed by atoms with Crippen molar-refractivity contribution in [2.75, 3.05) is 5.01 Å². The van der Waals surface area contributed by atoms with Gasteiger partial charge in [-0.15, -0.1) is 0 Å². The molecule has 0 amide bonds. The highest BCUT2D eigenvalue weighted by Gasteiger charge is 2.24. The van der Waals surface area contributed by atoms with Crippen LogP contribution in [0, 0.1) is 5.41 Å². The second-order valence-electron chi connectivity index (χ2n) is 13.6. The molecule has 4 heteroatoms. The fraction of sp³-hybridized carbons (Fsp3) is 0.0377. The van der Waals surface area contributed by atoms with Gasteiger partial charge < -0.3 is 11.1 Å². The Morgan fingerprint density at radius 3 is 1.79 bits per heavy atom. The van der Waals surface area contributed by atoms with Crippen LogP contribution < -0.4 is 10.7 Å². The van der Waals surface area contributed by atoms with E-state index in [1.165, 1.54) is 6.21 Å². The molecule has 0 aliphatic heterocycles. The summed E-state index contributed by atoms with van der Waals surface area (Å²) < 4.78 is 2.38. The Morgan fingerprint density at radius 2 is 1.23 bits per heavy atom. The molecule has 1 heterocycles. The first-order chi connectivity index (χ1) is 28.0. The molecule has 7 aromatic rings. The van der Waals surface area contributed by atoms with E-state index in [2.05, 4.69) is 187 Å². The number of nitrogens with two attached hydrogens (primary N) is 1. The molecule has 6 aromatic carbocycles. The van der Waals surface area contributed by atoms with Gasteiger partial charge in [-0.05, 0) is 131 Å². The molecule has 278 valence electrons. The van der Waals surface area contributed by atoms with Gasteiger partial charge in [0.1, 0.15) is 0 Å². The average Bonchev–Trinajstić information content (AvgIpc) is 3.58. The van der Waals surface area contributed by atoms with Crippen molar-refractivity contribution in [3.63, 3.8) is 0 Å². The van der Waals surface area contributed by atoms with Crippen LogP contribution in [0.4, 0.5) is 11.4 Å². The van der Waals surface area contributed by atoms with Crippen molar-refractivity contribution in [3.8, 4) is 22.3 Å². The van der Waals surface area contributed by atoms with Crippen molar-refractivity contribution in [2.24, 2.45) is 5.73 Å². The number of nitrogens with one attached hydrogen (secondary N) is 1. The summed E-state index contributed by atoms with van der Waals surface area (Å²) in [7, 11) is 0. The van der Waals surface area contributed by atoms with E-state index in [0.717, 1.165) is 88.8 Å². The van der Waals surface area contributed by atoms with Crippen molar-refractivity contribution >= 4 is 56.1 Å². The highest BCUT2D eigenvalue weighted by Crippen LogP contribution is 2.43. The number of nitrogens with zero attached hydrogens (tertiary/aromatic N) is 2. The van der Waals surface area contributed by atoms with Gasteiger partial charge in [-0.2, -0.15) is 0 Å². The molecule has 3 N–H and O–H groups in total. The second-order valence-corrected chi connectivity index (χ2v) is 13.6. The molecule has 0 saturated heterocycles. The smallest absolute Gasteiger partial charge is 0.0795 e. The number of hydrogen-bond donors (Lipinski definition) is 2. The topological polar surface area (TPSA) is 58.0 Å². The van der Waals surface area contributed by atoms with Gasteiger partial charge in [0.2, 0.25) is 0 Å². The van der Waals surface area contributed by atoms with E-state index in [9.17, 15) is 0 Å². The maximum atomic E-state index is 7.71. The summed E-state index contributed by atoms with van der Waals surface area (Å²) in [6.45, 7) is 12.1. The minimum atomic E-state index is 0.882. The highest BCUT2D eigenvalue weighted by molar-refractivity contribution is 6.15. The van der Waals surface area contributed by atoms with Crippen LogP contribution in [0.2, 0.25) is 0 Å². The van der Waals surface area contributed by atoms with Crippen molar-refractivity contribution in [2.45, 2.75) is 13.8 Å². The van der Waals surface area contributed by atoms with Gasteiger partial charge in [-0.3, -0.25) is 0 Å². The van der Waals surface area contributed by atoms with Crippen LogP contribution in [0.5, 0.6) is 0 Å². The number of anilines is 2. The van der Waals surface area contributed by atoms with E-state index in [4.69, 9.17) is 11.1 Å². The lowest BCUT2D eigenvalue weighted by atomic mass is 9.95. The summed E-state index contributed by atoms with van der Waals surface area (Å²) >= 11 is 0. The molecule has 0 unspecified atom stereocenters. The zero-order valence-electron chi connectivity index (χ0n) is 32.4. The van der Waals surface area contributed by atoms with Gasteiger partial charge in [-0.25, -0.2) is 9.69 Å². The Hall–Kier alpha value is -7.43. The predicted molar refractivity (Wildman–Crippen MR) is 248 cm³/mol. The molecule has 0 bridgehead atoms. The third kappa shape index (κ3) is 7.62. The van der Waals surface area contributed by atoms with Crippen molar-refractivity contribution in [1.29, 1.82) is 5.41 Å². The maximum Gasteiger partial charge on any atom is 0.0795 e. The lowest BCUT2D eigenvalue weighted by molar-refractivity contribution is 0.886. The Kier molecular flexibility index (Phi) is 11.5. The average molecular weight is 739 g/mol. The summed E-state index contributed by atoms with van der Waals surface area (Å²) in [6, 6.07) is 49.8. The van der Waals surface area contributed by atoms with E-state index in [0.29, 0.717) is 0 Å². The normalized spacial score (nSPS) is 12.5.